The molecule has 0 heterocycles. The van der Waals surface area contributed by atoms with Crippen LogP contribution in [0.25, 0.3) is 0 Å². The maximum absolute atomic E-state index is 11.8. The molecule has 0 spiro atoms. The fraction of sp³-hybridized carbons (Fsp3) is 0.111. The van der Waals surface area contributed by atoms with Gasteiger partial charge in [-0.1, -0.05) is 30.3 Å². The molecule has 129 valence electrons. The zero-order valence-electron chi connectivity index (χ0n) is 13.2. The highest BCUT2D eigenvalue weighted by Gasteiger charge is 2.13. The molecule has 25 heavy (non-hydrogen) atoms. The van der Waals surface area contributed by atoms with Gasteiger partial charge in [-0.25, -0.2) is 4.79 Å². The van der Waals surface area contributed by atoms with E-state index in [1.165, 1.54) is 18.7 Å². The maximum Gasteiger partial charge on any atom is 0.339 e. The first-order valence-corrected chi connectivity index (χ1v) is 7.47. The second kappa shape index (κ2) is 8.49. The van der Waals surface area contributed by atoms with Crippen LogP contribution in [0.3, 0.4) is 0 Å². The molecular weight excluding hydrogens is 324 g/mol. The monoisotopic (exact) mass is 341 g/mol. The zero-order valence-corrected chi connectivity index (χ0v) is 13.2. The summed E-state index contributed by atoms with van der Waals surface area (Å²) in [5, 5.41) is 23.8. The van der Waals surface area contributed by atoms with Gasteiger partial charge < -0.3 is 20.8 Å². The van der Waals surface area contributed by atoms with Crippen molar-refractivity contribution in [2.24, 2.45) is 0 Å². The Balaban J connectivity index is 1.78. The smallest absolute Gasteiger partial charge is 0.339 e. The molecule has 0 atom stereocenters. The number of para-hydroxylation sites is 1. The molecule has 4 N–H and O–H groups in total. The Morgan fingerprint density at radius 2 is 1.72 bits per heavy atom. The molecule has 0 aromatic heterocycles. The largest absolute Gasteiger partial charge is 0.507 e. The van der Waals surface area contributed by atoms with E-state index in [-0.39, 0.29) is 30.2 Å². The lowest BCUT2D eigenvalue weighted by atomic mass is 10.1. The van der Waals surface area contributed by atoms with E-state index in [1.807, 2.05) is 0 Å². The van der Waals surface area contributed by atoms with Crippen molar-refractivity contribution in [3.05, 3.63) is 71.8 Å². The second-order valence-corrected chi connectivity index (χ2v) is 5.14. The fourth-order valence-corrected chi connectivity index (χ4v) is 2.11. The van der Waals surface area contributed by atoms with Crippen LogP contribution in [0.1, 0.15) is 26.3 Å². The van der Waals surface area contributed by atoms with Gasteiger partial charge in [0.15, 0.2) is 0 Å². The van der Waals surface area contributed by atoms with Crippen molar-refractivity contribution in [3.63, 3.8) is 0 Å². The van der Waals surface area contributed by atoms with Gasteiger partial charge in [-0.3, -0.25) is 9.59 Å². The Morgan fingerprint density at radius 3 is 2.40 bits per heavy atom. The van der Waals surface area contributed by atoms with Crippen LogP contribution in [0.2, 0.25) is 0 Å². The van der Waals surface area contributed by atoms with Gasteiger partial charge in [-0.2, -0.15) is 0 Å². The highest BCUT2D eigenvalue weighted by Crippen LogP contribution is 2.23. The number of aromatic carboxylic acids is 1. The minimum Gasteiger partial charge on any atom is -0.507 e. The van der Waals surface area contributed by atoms with E-state index >= 15 is 0 Å². The van der Waals surface area contributed by atoms with Crippen molar-refractivity contribution < 1.29 is 24.6 Å². The quantitative estimate of drug-likeness (QED) is 0.606. The zero-order chi connectivity index (χ0) is 18.2. The summed E-state index contributed by atoms with van der Waals surface area (Å²) >= 11 is 0. The predicted molar refractivity (Wildman–Crippen MR) is 90.0 cm³/mol. The second-order valence-electron chi connectivity index (χ2n) is 5.14. The summed E-state index contributed by atoms with van der Waals surface area (Å²) in [6.45, 7) is 1.18. The van der Waals surface area contributed by atoms with Crippen LogP contribution in [0.4, 0.5) is 0 Å². The topological polar surface area (TPSA) is 116 Å². The van der Waals surface area contributed by atoms with Crippen LogP contribution < -0.4 is 10.6 Å². The Kier molecular flexibility index (Phi) is 6.11. The molecule has 7 nitrogen and oxygen atoms in total. The Morgan fingerprint density at radius 1 is 1.00 bits per heavy atom. The number of phenols is 1. The summed E-state index contributed by atoms with van der Waals surface area (Å²) in [4.78, 5) is 34.5. The first-order valence-electron chi connectivity index (χ1n) is 7.47. The number of benzene rings is 2. The summed E-state index contributed by atoms with van der Waals surface area (Å²) < 4.78 is 0. The third-order valence-corrected chi connectivity index (χ3v) is 3.38. The Labute approximate surface area is 144 Å². The number of hydrogen-bond donors (Lipinski definition) is 4. The van der Waals surface area contributed by atoms with E-state index in [9.17, 15) is 19.5 Å². The summed E-state index contributed by atoms with van der Waals surface area (Å²) in [5.41, 5.74) is 0.621. The lowest BCUT2D eigenvalue weighted by Crippen LogP contribution is -2.36. The van der Waals surface area contributed by atoms with E-state index in [2.05, 4.69) is 10.6 Å². The molecule has 0 fully saturated rings. The summed E-state index contributed by atoms with van der Waals surface area (Å²) in [6.07, 6.45) is 0.144. The van der Waals surface area contributed by atoms with Crippen molar-refractivity contribution in [1.29, 1.82) is 0 Å². The van der Waals surface area contributed by atoms with Crippen LogP contribution in [-0.4, -0.2) is 34.5 Å². The highest BCUT2D eigenvalue weighted by atomic mass is 16.4. The molecule has 1 radical (unpaired) electrons. The average molecular weight is 341 g/mol. The van der Waals surface area contributed by atoms with E-state index in [1.54, 1.807) is 36.4 Å². The van der Waals surface area contributed by atoms with E-state index < -0.39 is 11.9 Å². The number of amides is 2. The first kappa shape index (κ1) is 18.0. The van der Waals surface area contributed by atoms with Crippen molar-refractivity contribution in [2.75, 3.05) is 6.54 Å². The van der Waals surface area contributed by atoms with Crippen molar-refractivity contribution in [3.8, 4) is 5.75 Å². The van der Waals surface area contributed by atoms with Crippen molar-refractivity contribution in [1.82, 2.24) is 10.6 Å². The molecule has 2 rings (SSSR count). The molecule has 0 aliphatic heterocycles. The highest BCUT2D eigenvalue weighted by molar-refractivity contribution is 5.96. The molecule has 0 aliphatic rings. The molecule has 7 heteroatoms. The lowest BCUT2D eigenvalue weighted by Gasteiger charge is -2.09. The van der Waals surface area contributed by atoms with Crippen LogP contribution in [-0.2, 0) is 11.2 Å². The fourth-order valence-electron chi connectivity index (χ4n) is 2.11. The van der Waals surface area contributed by atoms with Gasteiger partial charge in [0.2, 0.25) is 5.91 Å². The molecule has 0 aliphatic carbocycles. The van der Waals surface area contributed by atoms with Crippen molar-refractivity contribution >= 4 is 17.8 Å². The van der Waals surface area contributed by atoms with Gasteiger partial charge in [0.1, 0.15) is 11.3 Å². The number of carbonyl (C=O) groups excluding carboxylic acids is 2. The summed E-state index contributed by atoms with van der Waals surface area (Å²) in [5.74, 6) is -2.36. The molecule has 0 saturated carbocycles. The van der Waals surface area contributed by atoms with Crippen LogP contribution in [0.5, 0.6) is 5.75 Å². The number of hydrogen-bond acceptors (Lipinski definition) is 4. The van der Waals surface area contributed by atoms with Crippen LogP contribution >= 0.6 is 0 Å². The van der Waals surface area contributed by atoms with Gasteiger partial charge in [-0.15, -0.1) is 0 Å². The molecule has 0 bridgehead atoms. The number of aromatic hydroxyl groups is 1. The number of carbonyl (C=O) groups is 3. The van der Waals surface area contributed by atoms with Gasteiger partial charge in [-0.05, 0) is 30.2 Å². The molecule has 2 amide bonds. The lowest BCUT2D eigenvalue weighted by molar-refractivity contribution is -0.119. The van der Waals surface area contributed by atoms with Crippen LogP contribution in [0.15, 0.2) is 48.5 Å². The SMILES string of the molecule is O=C(CNC(=O)c1ccccc1)N[CH]Cc1cccc(C(=O)O)c1O. The average Bonchev–Trinajstić information content (AvgIpc) is 2.61. The van der Waals surface area contributed by atoms with E-state index in [0.29, 0.717) is 11.1 Å². The van der Waals surface area contributed by atoms with Gasteiger partial charge >= 0.3 is 5.97 Å². The van der Waals surface area contributed by atoms with E-state index in [4.69, 9.17) is 5.11 Å². The minimum absolute atomic E-state index is 0.144. The minimum atomic E-state index is -1.23. The molecule has 2 aromatic rings. The predicted octanol–water partition coefficient (Wildman–Crippen LogP) is 1.34. The summed E-state index contributed by atoms with van der Waals surface area (Å²) in [6, 6.07) is 12.9. The molecule has 2 aromatic carbocycles. The van der Waals surface area contributed by atoms with Crippen LogP contribution in [0, 0.1) is 6.54 Å². The molecule has 0 unspecified atom stereocenters. The van der Waals surface area contributed by atoms with Crippen molar-refractivity contribution in [2.45, 2.75) is 6.42 Å². The number of carboxylic acid groups (broad SMARTS) is 1. The third kappa shape index (κ3) is 5.07. The molecular formula is C18H17N2O5. The van der Waals surface area contributed by atoms with Gasteiger partial charge in [0, 0.05) is 5.56 Å². The number of nitrogens with one attached hydrogen (secondary N) is 2. The molecule has 0 saturated heterocycles. The van der Waals surface area contributed by atoms with E-state index in [0.717, 1.165) is 0 Å². The number of carboxylic acids is 1. The third-order valence-electron chi connectivity index (χ3n) is 3.38. The number of rotatable bonds is 7. The normalized spacial score (nSPS) is 10.1. The maximum atomic E-state index is 11.8. The van der Waals surface area contributed by atoms with Gasteiger partial charge in [0.05, 0.1) is 13.1 Å². The first-order chi connectivity index (χ1) is 12.0. The Hall–Kier alpha value is -3.35. The standard InChI is InChI=1S/C18H17N2O5/c21-15(11-20-17(23)13-5-2-1-3-6-13)19-10-9-12-7-4-8-14(16(12)22)18(24)25/h1-8,10,22H,9,11H2,(H,19,21)(H,20,23)(H,24,25). The Bertz CT molecular complexity index is 774. The van der Waals surface area contributed by atoms with Gasteiger partial charge in [0.25, 0.3) is 5.91 Å². The summed E-state index contributed by atoms with van der Waals surface area (Å²) in [7, 11) is 0.